The quantitative estimate of drug-likeness (QED) is 0.438. The molecule has 1 aliphatic rings. The van der Waals surface area contributed by atoms with E-state index < -0.39 is 42.7 Å². The number of nitrogens with one attached hydrogen (secondary N) is 2. The van der Waals surface area contributed by atoms with Gasteiger partial charge in [-0.15, -0.1) is 0 Å². The first-order valence-corrected chi connectivity index (χ1v) is 5.65. The summed E-state index contributed by atoms with van der Waals surface area (Å²) in [5.41, 5.74) is -0.737. The minimum Gasteiger partial charge on any atom is -0.394 e. The number of halogens is 1. The Morgan fingerprint density at radius 3 is 3.00 bits per heavy atom. The normalized spacial score (nSPS) is 31.2. The first kappa shape index (κ1) is 13.9. The number of aliphatic hydroxyl groups is 3. The van der Waals surface area contributed by atoms with Gasteiger partial charge >= 0.3 is 5.69 Å². The van der Waals surface area contributed by atoms with Crippen molar-refractivity contribution in [1.29, 1.82) is 0 Å². The van der Waals surface area contributed by atoms with E-state index in [1.54, 1.807) is 0 Å². The summed E-state index contributed by atoms with van der Waals surface area (Å²) in [6.07, 6.45) is -3.47. The lowest BCUT2D eigenvalue weighted by Gasteiger charge is -2.36. The zero-order chi connectivity index (χ0) is 14.0. The average Bonchev–Trinajstić information content (AvgIpc) is 2.38. The number of aliphatic hydroxyl groups excluding tert-OH is 3. The van der Waals surface area contributed by atoms with Gasteiger partial charge in [0.1, 0.15) is 24.3 Å². The monoisotopic (exact) mass is 275 g/mol. The van der Waals surface area contributed by atoms with Gasteiger partial charge in [0.2, 0.25) is 0 Å². The number of nitrogens with zero attached hydrogens (tertiary/aromatic N) is 1. The van der Waals surface area contributed by atoms with Crippen molar-refractivity contribution in [3.63, 3.8) is 0 Å². The van der Waals surface area contributed by atoms with Crippen molar-refractivity contribution in [1.82, 2.24) is 9.97 Å². The largest absolute Gasteiger partial charge is 0.394 e. The summed E-state index contributed by atoms with van der Waals surface area (Å²) in [7, 11) is 0. The molecule has 4 atom stereocenters. The van der Waals surface area contributed by atoms with Gasteiger partial charge in [0.25, 0.3) is 0 Å². The zero-order valence-electron chi connectivity index (χ0n) is 9.78. The summed E-state index contributed by atoms with van der Waals surface area (Å²) in [6.45, 7) is -0.494. The molecule has 0 spiro atoms. The summed E-state index contributed by atoms with van der Waals surface area (Å²) >= 11 is 0. The van der Waals surface area contributed by atoms with E-state index in [-0.39, 0.29) is 12.2 Å². The third kappa shape index (κ3) is 3.07. The number of ether oxygens (including phenoxy) is 1. The fraction of sp³-hybridized carbons (Fsp3) is 0.600. The Hall–Kier alpha value is -1.55. The molecular weight excluding hydrogens is 261 g/mol. The van der Waals surface area contributed by atoms with Gasteiger partial charge in [0.15, 0.2) is 5.82 Å². The van der Waals surface area contributed by atoms with Crippen LogP contribution in [-0.4, -0.2) is 56.4 Å². The van der Waals surface area contributed by atoms with Crippen LogP contribution in [0.15, 0.2) is 11.0 Å². The molecule has 0 aromatic carbocycles. The van der Waals surface area contributed by atoms with Crippen LogP contribution in [0.3, 0.4) is 0 Å². The van der Waals surface area contributed by atoms with Crippen molar-refractivity contribution in [3.8, 4) is 0 Å². The molecule has 1 fully saturated rings. The van der Waals surface area contributed by atoms with Crippen molar-refractivity contribution in [2.24, 2.45) is 0 Å². The highest BCUT2D eigenvalue weighted by molar-refractivity contribution is 5.34. The van der Waals surface area contributed by atoms with Gasteiger partial charge in [-0.3, -0.25) is 4.98 Å². The molecule has 9 heteroatoms. The molecule has 0 bridgehead atoms. The molecule has 19 heavy (non-hydrogen) atoms. The van der Waals surface area contributed by atoms with Crippen molar-refractivity contribution in [3.05, 3.63) is 22.5 Å². The average molecular weight is 275 g/mol. The molecule has 0 radical (unpaired) electrons. The van der Waals surface area contributed by atoms with Gasteiger partial charge in [0.05, 0.1) is 18.9 Å². The van der Waals surface area contributed by atoms with E-state index in [1.165, 1.54) is 0 Å². The van der Waals surface area contributed by atoms with E-state index in [1.807, 2.05) is 0 Å². The van der Waals surface area contributed by atoms with E-state index in [0.717, 1.165) is 6.20 Å². The number of H-pyrrole nitrogens is 1. The first-order valence-electron chi connectivity index (χ1n) is 5.65. The molecule has 2 heterocycles. The second kappa shape index (κ2) is 5.61. The molecule has 0 aliphatic carbocycles. The number of anilines is 1. The lowest BCUT2D eigenvalue weighted by molar-refractivity contribution is -0.172. The fourth-order valence-corrected chi connectivity index (χ4v) is 1.84. The van der Waals surface area contributed by atoms with Gasteiger partial charge in [-0.1, -0.05) is 0 Å². The van der Waals surface area contributed by atoms with Crippen LogP contribution in [-0.2, 0) is 4.74 Å². The topological polar surface area (TPSA) is 128 Å². The lowest BCUT2D eigenvalue weighted by Crippen LogP contribution is -2.52. The minimum absolute atomic E-state index is 0.0263. The highest BCUT2D eigenvalue weighted by Crippen LogP contribution is 2.21. The van der Waals surface area contributed by atoms with Gasteiger partial charge in [-0.25, -0.2) is 9.18 Å². The first-order chi connectivity index (χ1) is 9.01. The second-order valence-corrected chi connectivity index (χ2v) is 4.20. The summed E-state index contributed by atoms with van der Waals surface area (Å²) in [6, 6.07) is 0. The van der Waals surface area contributed by atoms with Crippen LogP contribution >= 0.6 is 0 Å². The number of aromatic nitrogens is 2. The summed E-state index contributed by atoms with van der Waals surface area (Å²) in [5.74, 6) is -1.02. The summed E-state index contributed by atoms with van der Waals surface area (Å²) in [4.78, 5) is 16.3. The zero-order valence-corrected chi connectivity index (χ0v) is 9.78. The van der Waals surface area contributed by atoms with Crippen molar-refractivity contribution >= 4 is 5.82 Å². The van der Waals surface area contributed by atoms with Crippen LogP contribution in [0.1, 0.15) is 6.42 Å². The molecule has 1 aromatic heterocycles. The highest BCUT2D eigenvalue weighted by atomic mass is 19.1. The van der Waals surface area contributed by atoms with E-state index >= 15 is 0 Å². The highest BCUT2D eigenvalue weighted by Gasteiger charge is 2.36. The van der Waals surface area contributed by atoms with Crippen LogP contribution in [0, 0.1) is 5.82 Å². The molecule has 1 saturated heterocycles. The summed E-state index contributed by atoms with van der Waals surface area (Å²) in [5, 5.41) is 30.6. The number of hydrogen-bond donors (Lipinski definition) is 5. The van der Waals surface area contributed by atoms with Gasteiger partial charge in [-0.05, 0) is 0 Å². The van der Waals surface area contributed by atoms with Crippen LogP contribution in [0.4, 0.5) is 10.2 Å². The maximum atomic E-state index is 13.4. The second-order valence-electron chi connectivity index (χ2n) is 4.20. The molecule has 1 aromatic rings. The van der Waals surface area contributed by atoms with E-state index in [2.05, 4.69) is 15.3 Å². The third-order valence-electron chi connectivity index (χ3n) is 2.82. The van der Waals surface area contributed by atoms with Gasteiger partial charge in [0, 0.05) is 6.42 Å². The predicted octanol–water partition coefficient (Wildman–Crippen LogP) is -1.85. The van der Waals surface area contributed by atoms with Crippen molar-refractivity contribution < 1.29 is 24.4 Å². The Bertz CT molecular complexity index is 496. The standard InChI is InChI=1S/C10H14FN3O5/c11-4-2-12-10(18)14-9(4)13-7-1-5(16)8(17)6(3-15)19-7/h2,5-8,15-17H,1,3H2,(H2,12,13,14,18)/t5-,6-,7+,8-/m1/s1. The Morgan fingerprint density at radius 1 is 1.58 bits per heavy atom. The number of rotatable bonds is 3. The summed E-state index contributed by atoms with van der Waals surface area (Å²) < 4.78 is 18.6. The minimum atomic E-state index is -1.22. The van der Waals surface area contributed by atoms with Gasteiger partial charge in [-0.2, -0.15) is 4.98 Å². The molecule has 0 unspecified atom stereocenters. The molecular formula is C10H14FN3O5. The Balaban J connectivity index is 2.10. The molecule has 2 rings (SSSR count). The van der Waals surface area contributed by atoms with Crippen LogP contribution in [0.2, 0.25) is 0 Å². The molecule has 1 aliphatic heterocycles. The van der Waals surface area contributed by atoms with Crippen LogP contribution in [0.5, 0.6) is 0 Å². The maximum absolute atomic E-state index is 13.4. The molecule has 0 amide bonds. The van der Waals surface area contributed by atoms with E-state index in [9.17, 15) is 19.4 Å². The van der Waals surface area contributed by atoms with E-state index in [0.29, 0.717) is 0 Å². The fourth-order valence-electron chi connectivity index (χ4n) is 1.84. The Kier molecular flexibility index (Phi) is 4.10. The van der Waals surface area contributed by atoms with E-state index in [4.69, 9.17) is 9.84 Å². The van der Waals surface area contributed by atoms with Crippen LogP contribution in [0.25, 0.3) is 0 Å². The smallest absolute Gasteiger partial charge is 0.346 e. The van der Waals surface area contributed by atoms with Gasteiger partial charge < -0.3 is 25.4 Å². The third-order valence-corrected chi connectivity index (χ3v) is 2.82. The molecule has 106 valence electrons. The molecule has 0 saturated carbocycles. The Labute approximate surface area is 106 Å². The maximum Gasteiger partial charge on any atom is 0.346 e. The number of aromatic amines is 1. The lowest BCUT2D eigenvalue weighted by atomic mass is 10.0. The Morgan fingerprint density at radius 2 is 2.32 bits per heavy atom. The van der Waals surface area contributed by atoms with Crippen LogP contribution < -0.4 is 11.0 Å². The van der Waals surface area contributed by atoms with Crippen molar-refractivity contribution in [2.45, 2.75) is 31.0 Å². The molecule has 8 nitrogen and oxygen atoms in total. The van der Waals surface area contributed by atoms with Crippen molar-refractivity contribution in [2.75, 3.05) is 11.9 Å². The SMILES string of the molecule is O=c1ncc(F)c(N[C@@H]2C[C@@H](O)[C@@H](O)[C@@H](CO)O2)[nH]1. The number of hydrogen-bond acceptors (Lipinski definition) is 7. The molecule has 5 N–H and O–H groups in total. The predicted molar refractivity (Wildman–Crippen MR) is 60.8 cm³/mol.